The fourth-order valence-corrected chi connectivity index (χ4v) is 1.61. The Morgan fingerprint density at radius 3 is 2.27 bits per heavy atom. The molecule has 82 valence electrons. The van der Waals surface area contributed by atoms with Gasteiger partial charge >= 0.3 is 7.12 Å². The molecule has 0 heterocycles. The molecule has 0 unspecified atom stereocenters. The Morgan fingerprint density at radius 1 is 1.20 bits per heavy atom. The Balaban J connectivity index is 3.01. The van der Waals surface area contributed by atoms with E-state index in [1.807, 2.05) is 12.1 Å². The van der Waals surface area contributed by atoms with Crippen LogP contribution in [-0.4, -0.2) is 17.2 Å². The third-order valence-electron chi connectivity index (χ3n) is 2.39. The van der Waals surface area contributed by atoms with E-state index < -0.39 is 7.12 Å². The predicted molar refractivity (Wildman–Crippen MR) is 64.2 cm³/mol. The number of hydrogen-bond donors (Lipinski definition) is 2. The summed E-state index contributed by atoms with van der Waals surface area (Å²) in [5.41, 5.74) is 3.17. The number of benzene rings is 1. The highest BCUT2D eigenvalue weighted by Crippen LogP contribution is 2.21. The predicted octanol–water partition coefficient (Wildman–Crippen LogP) is 1.26. The minimum absolute atomic E-state index is 0.212. The second-order valence-electron chi connectivity index (χ2n) is 5.30. The Bertz CT molecular complexity index is 340. The van der Waals surface area contributed by atoms with Gasteiger partial charge in [0.15, 0.2) is 0 Å². The van der Waals surface area contributed by atoms with Crippen molar-refractivity contribution in [3.8, 4) is 0 Å². The zero-order valence-electron chi connectivity index (χ0n) is 9.91. The Hall–Kier alpha value is -0.795. The van der Waals surface area contributed by atoms with Crippen molar-refractivity contribution in [3.05, 3.63) is 29.3 Å². The summed E-state index contributed by atoms with van der Waals surface area (Å²) in [6.45, 7) is 8.58. The zero-order chi connectivity index (χ0) is 11.6. The molecule has 0 aliphatic heterocycles. The summed E-state index contributed by atoms with van der Waals surface area (Å²) in [6, 6.07) is 5.58. The summed E-state index contributed by atoms with van der Waals surface area (Å²) in [6.07, 6.45) is 0.944. The van der Waals surface area contributed by atoms with Gasteiger partial charge in [-0.05, 0) is 35.3 Å². The fraction of sp³-hybridized carbons (Fsp3) is 0.500. The van der Waals surface area contributed by atoms with Crippen molar-refractivity contribution in [1.29, 1.82) is 0 Å². The van der Waals surface area contributed by atoms with Gasteiger partial charge in [0.2, 0.25) is 0 Å². The largest absolute Gasteiger partial charge is 0.488 e. The normalized spacial score (nSPS) is 11.6. The fourth-order valence-electron chi connectivity index (χ4n) is 1.61. The van der Waals surface area contributed by atoms with E-state index in [9.17, 15) is 0 Å². The van der Waals surface area contributed by atoms with Gasteiger partial charge in [-0.2, -0.15) is 0 Å². The van der Waals surface area contributed by atoms with Gasteiger partial charge in [0, 0.05) is 0 Å². The number of hydrogen-bond acceptors (Lipinski definition) is 2. The monoisotopic (exact) mass is 206 g/mol. The average molecular weight is 206 g/mol. The van der Waals surface area contributed by atoms with E-state index in [0.717, 1.165) is 6.42 Å². The smallest absolute Gasteiger partial charge is 0.423 e. The summed E-state index contributed by atoms with van der Waals surface area (Å²) in [4.78, 5) is 0. The van der Waals surface area contributed by atoms with Crippen molar-refractivity contribution < 1.29 is 10.0 Å². The second kappa shape index (κ2) is 4.37. The van der Waals surface area contributed by atoms with E-state index in [2.05, 4.69) is 27.7 Å². The molecule has 0 amide bonds. The molecule has 0 aliphatic rings. The van der Waals surface area contributed by atoms with Crippen molar-refractivity contribution in [2.45, 2.75) is 34.1 Å². The Kier molecular flexibility index (Phi) is 3.58. The second-order valence-corrected chi connectivity index (χ2v) is 5.30. The maximum absolute atomic E-state index is 9.09. The summed E-state index contributed by atoms with van der Waals surface area (Å²) in [7, 11) is -1.37. The van der Waals surface area contributed by atoms with Crippen LogP contribution in [0.3, 0.4) is 0 Å². The third kappa shape index (κ3) is 3.69. The van der Waals surface area contributed by atoms with Gasteiger partial charge in [-0.3, -0.25) is 0 Å². The topological polar surface area (TPSA) is 40.5 Å². The first-order valence-electron chi connectivity index (χ1n) is 5.25. The van der Waals surface area contributed by atoms with Crippen LogP contribution in [0.5, 0.6) is 0 Å². The third-order valence-corrected chi connectivity index (χ3v) is 2.39. The van der Waals surface area contributed by atoms with E-state index in [4.69, 9.17) is 10.0 Å². The molecule has 1 aromatic rings. The minimum atomic E-state index is -1.37. The lowest BCUT2D eigenvalue weighted by Gasteiger charge is -2.20. The van der Waals surface area contributed by atoms with Crippen LogP contribution >= 0.6 is 0 Å². The van der Waals surface area contributed by atoms with Crippen LogP contribution in [0.2, 0.25) is 0 Å². The molecule has 0 radical (unpaired) electrons. The van der Waals surface area contributed by atoms with Gasteiger partial charge in [-0.15, -0.1) is 0 Å². The molecule has 0 saturated heterocycles. The summed E-state index contributed by atoms with van der Waals surface area (Å²) >= 11 is 0. The highest BCUT2D eigenvalue weighted by atomic mass is 16.4. The molecule has 3 heteroatoms. The van der Waals surface area contributed by atoms with Gasteiger partial charge in [-0.1, -0.05) is 39.0 Å². The van der Waals surface area contributed by atoms with Crippen LogP contribution in [0, 0.1) is 12.3 Å². The van der Waals surface area contributed by atoms with Crippen LogP contribution in [0.25, 0.3) is 0 Å². The van der Waals surface area contributed by atoms with Gasteiger partial charge < -0.3 is 10.0 Å². The first kappa shape index (κ1) is 12.3. The zero-order valence-corrected chi connectivity index (χ0v) is 9.91. The lowest BCUT2D eigenvalue weighted by Crippen LogP contribution is -2.30. The van der Waals surface area contributed by atoms with E-state index in [1.54, 1.807) is 6.07 Å². The van der Waals surface area contributed by atoms with Crippen molar-refractivity contribution in [1.82, 2.24) is 0 Å². The molecule has 0 aliphatic carbocycles. The van der Waals surface area contributed by atoms with E-state index >= 15 is 0 Å². The molecule has 0 saturated carbocycles. The molecule has 1 aromatic carbocycles. The maximum Gasteiger partial charge on any atom is 0.488 e. The minimum Gasteiger partial charge on any atom is -0.423 e. The SMILES string of the molecule is Cc1ccc(B(O)O)cc1CC(C)(C)C. The molecule has 2 N–H and O–H groups in total. The lowest BCUT2D eigenvalue weighted by molar-refractivity contribution is 0.409. The summed E-state index contributed by atoms with van der Waals surface area (Å²) in [5, 5.41) is 18.2. The molecule has 2 nitrogen and oxygen atoms in total. The van der Waals surface area contributed by atoms with Gasteiger partial charge in [0.1, 0.15) is 0 Å². The molecule has 0 fully saturated rings. The first-order chi connectivity index (χ1) is 6.79. The molecule has 0 aromatic heterocycles. The van der Waals surface area contributed by atoms with Crippen LogP contribution in [-0.2, 0) is 6.42 Å². The van der Waals surface area contributed by atoms with Crippen molar-refractivity contribution in [2.24, 2.45) is 5.41 Å². The quantitative estimate of drug-likeness (QED) is 0.715. The average Bonchev–Trinajstić information content (AvgIpc) is 2.06. The van der Waals surface area contributed by atoms with Crippen LogP contribution in [0.4, 0.5) is 0 Å². The van der Waals surface area contributed by atoms with Crippen molar-refractivity contribution >= 4 is 12.6 Å². The molecule has 1 rings (SSSR count). The highest BCUT2D eigenvalue weighted by Gasteiger charge is 2.16. The van der Waals surface area contributed by atoms with E-state index in [1.165, 1.54) is 11.1 Å². The van der Waals surface area contributed by atoms with Gasteiger partial charge in [-0.25, -0.2) is 0 Å². The first-order valence-corrected chi connectivity index (χ1v) is 5.25. The van der Waals surface area contributed by atoms with Crippen LogP contribution in [0.15, 0.2) is 18.2 Å². The number of aryl methyl sites for hydroxylation is 1. The van der Waals surface area contributed by atoms with Gasteiger partial charge in [0.05, 0.1) is 0 Å². The van der Waals surface area contributed by atoms with Crippen LogP contribution in [0.1, 0.15) is 31.9 Å². The molecule has 15 heavy (non-hydrogen) atoms. The van der Waals surface area contributed by atoms with E-state index in [0.29, 0.717) is 5.46 Å². The van der Waals surface area contributed by atoms with E-state index in [-0.39, 0.29) is 5.41 Å². The van der Waals surface area contributed by atoms with Gasteiger partial charge in [0.25, 0.3) is 0 Å². The summed E-state index contributed by atoms with van der Waals surface area (Å²) < 4.78 is 0. The molecular weight excluding hydrogens is 187 g/mol. The van der Waals surface area contributed by atoms with Crippen molar-refractivity contribution in [3.63, 3.8) is 0 Å². The molecule has 0 atom stereocenters. The number of rotatable bonds is 2. The highest BCUT2D eigenvalue weighted by molar-refractivity contribution is 6.58. The maximum atomic E-state index is 9.09. The standard InChI is InChI=1S/C12H19BO2/c1-9-5-6-11(13(14)15)7-10(9)8-12(2,3)4/h5-7,14-15H,8H2,1-4H3. The summed E-state index contributed by atoms with van der Waals surface area (Å²) in [5.74, 6) is 0. The molecular formula is C12H19BO2. The molecule has 0 spiro atoms. The van der Waals surface area contributed by atoms with Crippen molar-refractivity contribution in [2.75, 3.05) is 0 Å². The molecule has 0 bridgehead atoms. The lowest BCUT2D eigenvalue weighted by atomic mass is 9.77. The van der Waals surface area contributed by atoms with Crippen LogP contribution < -0.4 is 5.46 Å². The Morgan fingerprint density at radius 2 is 1.80 bits per heavy atom. The Labute approximate surface area is 92.1 Å².